The van der Waals surface area contributed by atoms with Gasteiger partial charge in [0.15, 0.2) is 0 Å². The molecule has 1 saturated heterocycles. The van der Waals surface area contributed by atoms with E-state index < -0.39 is 0 Å². The van der Waals surface area contributed by atoms with E-state index in [9.17, 15) is 0 Å². The van der Waals surface area contributed by atoms with Crippen LogP contribution in [-0.2, 0) is 0 Å². The van der Waals surface area contributed by atoms with Crippen molar-refractivity contribution in [1.29, 1.82) is 0 Å². The highest BCUT2D eigenvalue weighted by Gasteiger charge is 2.24. The van der Waals surface area contributed by atoms with Gasteiger partial charge in [0.2, 0.25) is 0 Å². The fourth-order valence-electron chi connectivity index (χ4n) is 3.41. The number of anilines is 1. The van der Waals surface area contributed by atoms with Gasteiger partial charge in [-0.05, 0) is 64.1 Å². The van der Waals surface area contributed by atoms with Gasteiger partial charge < -0.3 is 10.6 Å². The standard InChI is InChI=1S/C16H26N2/c1-12-10-13(2)16(14(3)11-12)18-9-5-4-6-15(18)7-8-17/h10-11,15H,4-9,17H2,1-3H3. The van der Waals surface area contributed by atoms with Crippen molar-refractivity contribution in [3.8, 4) is 0 Å². The summed E-state index contributed by atoms with van der Waals surface area (Å²) in [5.74, 6) is 0. The van der Waals surface area contributed by atoms with Crippen LogP contribution in [0.25, 0.3) is 0 Å². The molecule has 2 N–H and O–H groups in total. The molecule has 1 unspecified atom stereocenters. The van der Waals surface area contributed by atoms with Gasteiger partial charge in [-0.15, -0.1) is 0 Å². The lowest BCUT2D eigenvalue weighted by atomic mass is 9.95. The molecule has 1 aliphatic heterocycles. The second kappa shape index (κ2) is 5.75. The van der Waals surface area contributed by atoms with Crippen molar-refractivity contribution in [2.45, 2.75) is 52.5 Å². The Kier molecular flexibility index (Phi) is 4.28. The predicted molar refractivity (Wildman–Crippen MR) is 79.3 cm³/mol. The first-order valence-corrected chi connectivity index (χ1v) is 7.18. The lowest BCUT2D eigenvalue weighted by Gasteiger charge is -2.39. The van der Waals surface area contributed by atoms with Gasteiger partial charge in [-0.1, -0.05) is 17.7 Å². The lowest BCUT2D eigenvalue weighted by Crippen LogP contribution is -2.41. The number of hydrogen-bond acceptors (Lipinski definition) is 2. The fourth-order valence-corrected chi connectivity index (χ4v) is 3.41. The minimum absolute atomic E-state index is 0.642. The van der Waals surface area contributed by atoms with Crippen molar-refractivity contribution in [1.82, 2.24) is 0 Å². The number of benzene rings is 1. The van der Waals surface area contributed by atoms with Gasteiger partial charge in [-0.2, -0.15) is 0 Å². The van der Waals surface area contributed by atoms with Crippen LogP contribution in [0.3, 0.4) is 0 Å². The zero-order valence-corrected chi connectivity index (χ0v) is 12.0. The average molecular weight is 246 g/mol. The van der Waals surface area contributed by atoms with E-state index in [-0.39, 0.29) is 0 Å². The van der Waals surface area contributed by atoms with Gasteiger partial charge in [-0.3, -0.25) is 0 Å². The molecule has 1 fully saturated rings. The lowest BCUT2D eigenvalue weighted by molar-refractivity contribution is 0.441. The van der Waals surface area contributed by atoms with E-state index in [0.717, 1.165) is 13.0 Å². The Hall–Kier alpha value is -1.02. The molecule has 0 aliphatic carbocycles. The van der Waals surface area contributed by atoms with E-state index in [0.29, 0.717) is 6.04 Å². The normalized spacial score (nSPS) is 20.2. The SMILES string of the molecule is Cc1cc(C)c(N2CCCCC2CCN)c(C)c1. The monoisotopic (exact) mass is 246 g/mol. The zero-order chi connectivity index (χ0) is 13.1. The first kappa shape index (κ1) is 13.4. The van der Waals surface area contributed by atoms with Crippen molar-refractivity contribution in [3.63, 3.8) is 0 Å². The van der Waals surface area contributed by atoms with Gasteiger partial charge in [0.05, 0.1) is 0 Å². The second-order valence-corrected chi connectivity index (χ2v) is 5.67. The van der Waals surface area contributed by atoms with Crippen molar-refractivity contribution in [2.75, 3.05) is 18.0 Å². The summed E-state index contributed by atoms with van der Waals surface area (Å²) in [5, 5.41) is 0. The molecule has 1 heterocycles. The predicted octanol–water partition coefficient (Wildman–Crippen LogP) is 3.32. The third kappa shape index (κ3) is 2.69. The zero-order valence-electron chi connectivity index (χ0n) is 12.0. The van der Waals surface area contributed by atoms with E-state index in [1.165, 1.54) is 48.2 Å². The summed E-state index contributed by atoms with van der Waals surface area (Å²) >= 11 is 0. The number of nitrogens with two attached hydrogens (primary N) is 1. The van der Waals surface area contributed by atoms with Crippen molar-refractivity contribution in [3.05, 3.63) is 28.8 Å². The highest BCUT2D eigenvalue weighted by molar-refractivity contribution is 5.61. The molecule has 0 spiro atoms. The topological polar surface area (TPSA) is 29.3 Å². The molecule has 0 amide bonds. The van der Waals surface area contributed by atoms with Crippen LogP contribution in [0, 0.1) is 20.8 Å². The van der Waals surface area contributed by atoms with Crippen LogP contribution in [0.1, 0.15) is 42.4 Å². The molecule has 1 aromatic rings. The van der Waals surface area contributed by atoms with Crippen LogP contribution in [0.4, 0.5) is 5.69 Å². The third-order valence-corrected chi connectivity index (χ3v) is 4.05. The molecular weight excluding hydrogens is 220 g/mol. The molecule has 2 rings (SSSR count). The summed E-state index contributed by atoms with van der Waals surface area (Å²) in [4.78, 5) is 2.61. The van der Waals surface area contributed by atoms with Gasteiger partial charge in [0.25, 0.3) is 0 Å². The first-order chi connectivity index (χ1) is 8.63. The minimum Gasteiger partial charge on any atom is -0.368 e. The smallest absolute Gasteiger partial charge is 0.0428 e. The van der Waals surface area contributed by atoms with E-state index in [1.54, 1.807) is 0 Å². The number of nitrogens with zero attached hydrogens (tertiary/aromatic N) is 1. The fraction of sp³-hybridized carbons (Fsp3) is 0.625. The van der Waals surface area contributed by atoms with Crippen molar-refractivity contribution >= 4 is 5.69 Å². The third-order valence-electron chi connectivity index (χ3n) is 4.05. The molecule has 0 bridgehead atoms. The maximum atomic E-state index is 5.77. The first-order valence-electron chi connectivity index (χ1n) is 7.18. The maximum Gasteiger partial charge on any atom is 0.0428 e. The summed E-state index contributed by atoms with van der Waals surface area (Å²) in [7, 11) is 0. The molecule has 0 saturated carbocycles. The number of rotatable bonds is 3. The summed E-state index contributed by atoms with van der Waals surface area (Å²) in [6, 6.07) is 5.25. The second-order valence-electron chi connectivity index (χ2n) is 5.67. The van der Waals surface area contributed by atoms with Crippen LogP contribution in [0.2, 0.25) is 0 Å². The molecule has 0 aromatic heterocycles. The Bertz CT molecular complexity index is 387. The molecule has 1 atom stereocenters. The molecule has 1 aromatic carbocycles. The molecule has 100 valence electrons. The molecular formula is C16H26N2. The van der Waals surface area contributed by atoms with Gasteiger partial charge >= 0.3 is 0 Å². The van der Waals surface area contributed by atoms with Crippen LogP contribution >= 0.6 is 0 Å². The number of hydrogen-bond donors (Lipinski definition) is 1. The largest absolute Gasteiger partial charge is 0.368 e. The van der Waals surface area contributed by atoms with Crippen LogP contribution in [-0.4, -0.2) is 19.1 Å². The van der Waals surface area contributed by atoms with Gasteiger partial charge in [0.1, 0.15) is 0 Å². The maximum absolute atomic E-state index is 5.77. The van der Waals surface area contributed by atoms with E-state index >= 15 is 0 Å². The number of piperidine rings is 1. The van der Waals surface area contributed by atoms with E-state index in [2.05, 4.69) is 37.8 Å². The quantitative estimate of drug-likeness (QED) is 0.886. The van der Waals surface area contributed by atoms with Crippen LogP contribution in [0.15, 0.2) is 12.1 Å². The van der Waals surface area contributed by atoms with Gasteiger partial charge in [-0.25, -0.2) is 0 Å². The number of aryl methyl sites for hydroxylation is 3. The molecule has 1 aliphatic rings. The molecule has 0 radical (unpaired) electrons. The molecule has 2 heteroatoms. The Balaban J connectivity index is 2.33. The molecule has 2 nitrogen and oxygen atoms in total. The van der Waals surface area contributed by atoms with Crippen molar-refractivity contribution < 1.29 is 0 Å². The van der Waals surface area contributed by atoms with Gasteiger partial charge in [0, 0.05) is 18.3 Å². The Morgan fingerprint density at radius 2 is 1.83 bits per heavy atom. The van der Waals surface area contributed by atoms with E-state index in [1.807, 2.05) is 0 Å². The summed E-state index contributed by atoms with van der Waals surface area (Å²) in [6.45, 7) is 8.64. The van der Waals surface area contributed by atoms with E-state index in [4.69, 9.17) is 5.73 Å². The summed E-state index contributed by atoms with van der Waals surface area (Å²) in [5.41, 5.74) is 11.4. The Morgan fingerprint density at radius 1 is 1.17 bits per heavy atom. The average Bonchev–Trinajstić information content (AvgIpc) is 2.30. The van der Waals surface area contributed by atoms with Crippen LogP contribution < -0.4 is 10.6 Å². The van der Waals surface area contributed by atoms with Crippen LogP contribution in [0.5, 0.6) is 0 Å². The van der Waals surface area contributed by atoms with Crippen molar-refractivity contribution in [2.24, 2.45) is 5.73 Å². The summed E-state index contributed by atoms with van der Waals surface area (Å²) < 4.78 is 0. The summed E-state index contributed by atoms with van der Waals surface area (Å²) in [6.07, 6.45) is 5.08. The minimum atomic E-state index is 0.642. The Morgan fingerprint density at radius 3 is 2.44 bits per heavy atom. The highest BCUT2D eigenvalue weighted by atomic mass is 15.2. The highest BCUT2D eigenvalue weighted by Crippen LogP contribution is 2.32. The molecule has 18 heavy (non-hydrogen) atoms. The Labute approximate surface area is 111 Å².